The summed E-state index contributed by atoms with van der Waals surface area (Å²) < 4.78 is 4.35. The van der Waals surface area contributed by atoms with Gasteiger partial charge in [-0.2, -0.15) is 0 Å². The fourth-order valence-electron chi connectivity index (χ4n) is 1.32. The van der Waals surface area contributed by atoms with Gasteiger partial charge < -0.3 is 11.1 Å². The molecule has 0 aliphatic rings. The predicted molar refractivity (Wildman–Crippen MR) is 58.8 cm³/mol. The fraction of sp³-hybridized carbons (Fsp3) is 0.200. The molecule has 2 aromatic rings. The van der Waals surface area contributed by atoms with E-state index in [-0.39, 0.29) is 17.6 Å². The van der Waals surface area contributed by atoms with E-state index >= 15 is 0 Å². The van der Waals surface area contributed by atoms with Crippen LogP contribution in [0, 0.1) is 0 Å². The van der Waals surface area contributed by atoms with Crippen LogP contribution in [0.4, 0.5) is 5.82 Å². The number of nitrogens with two attached hydrogens (primary N) is 1. The number of nitrogens with zero attached hydrogens (tertiary/aromatic N) is 3. The quantitative estimate of drug-likeness (QED) is 0.801. The van der Waals surface area contributed by atoms with Crippen molar-refractivity contribution < 1.29 is 9.42 Å². The van der Waals surface area contributed by atoms with Crippen molar-refractivity contribution in [2.45, 2.75) is 13.0 Å². The molecule has 0 fully saturated rings. The summed E-state index contributed by atoms with van der Waals surface area (Å²) in [6, 6.07) is 5.21. The molecule has 88 valence electrons. The van der Waals surface area contributed by atoms with Crippen LogP contribution in [0.2, 0.25) is 0 Å². The van der Waals surface area contributed by atoms with Gasteiger partial charge in [0.2, 0.25) is 11.5 Å². The Morgan fingerprint density at radius 1 is 1.47 bits per heavy atom. The summed E-state index contributed by atoms with van der Waals surface area (Å²) >= 11 is 0. The van der Waals surface area contributed by atoms with Crippen LogP contribution in [0.15, 0.2) is 29.0 Å². The maximum absolute atomic E-state index is 11.7. The lowest BCUT2D eigenvalue weighted by molar-refractivity contribution is 0.0930. The number of aromatic nitrogens is 3. The SMILES string of the molecule is CC(NC(=O)c1nonc1N)c1ccccn1. The molecular formula is C10H11N5O2. The highest BCUT2D eigenvalue weighted by molar-refractivity contribution is 5.96. The van der Waals surface area contributed by atoms with Crippen molar-refractivity contribution in [2.75, 3.05) is 5.73 Å². The standard InChI is InChI=1S/C10H11N5O2/c1-6(7-4-2-3-5-12-7)13-10(16)8-9(11)15-17-14-8/h2-6H,1H3,(H2,11,15)(H,13,16). The van der Waals surface area contributed by atoms with E-state index in [1.54, 1.807) is 12.3 Å². The lowest BCUT2D eigenvalue weighted by Crippen LogP contribution is -2.28. The fourth-order valence-corrected chi connectivity index (χ4v) is 1.32. The maximum Gasteiger partial charge on any atom is 0.277 e. The van der Waals surface area contributed by atoms with E-state index in [1.165, 1.54) is 0 Å². The monoisotopic (exact) mass is 233 g/mol. The van der Waals surface area contributed by atoms with Crippen LogP contribution in [0.25, 0.3) is 0 Å². The first kappa shape index (κ1) is 11.1. The van der Waals surface area contributed by atoms with Crippen molar-refractivity contribution in [3.8, 4) is 0 Å². The van der Waals surface area contributed by atoms with E-state index in [2.05, 4.69) is 25.2 Å². The van der Waals surface area contributed by atoms with E-state index in [0.29, 0.717) is 0 Å². The number of hydrogen-bond donors (Lipinski definition) is 2. The molecule has 1 unspecified atom stereocenters. The van der Waals surface area contributed by atoms with Crippen molar-refractivity contribution in [1.29, 1.82) is 0 Å². The zero-order chi connectivity index (χ0) is 12.3. The van der Waals surface area contributed by atoms with Crippen LogP contribution in [0.1, 0.15) is 29.1 Å². The highest BCUT2D eigenvalue weighted by Crippen LogP contribution is 2.10. The van der Waals surface area contributed by atoms with Crippen molar-refractivity contribution in [2.24, 2.45) is 0 Å². The Balaban J connectivity index is 2.08. The molecule has 7 nitrogen and oxygen atoms in total. The Morgan fingerprint density at radius 2 is 2.29 bits per heavy atom. The van der Waals surface area contributed by atoms with Crippen molar-refractivity contribution >= 4 is 11.7 Å². The molecule has 1 atom stereocenters. The number of amides is 1. The number of nitrogens with one attached hydrogen (secondary N) is 1. The van der Waals surface area contributed by atoms with E-state index < -0.39 is 5.91 Å². The number of hydrogen-bond acceptors (Lipinski definition) is 6. The van der Waals surface area contributed by atoms with Crippen LogP contribution in [0.5, 0.6) is 0 Å². The topological polar surface area (TPSA) is 107 Å². The molecule has 0 spiro atoms. The Kier molecular flexibility index (Phi) is 2.99. The van der Waals surface area contributed by atoms with E-state index in [9.17, 15) is 4.79 Å². The van der Waals surface area contributed by atoms with Crippen molar-refractivity contribution in [3.63, 3.8) is 0 Å². The first-order valence-electron chi connectivity index (χ1n) is 4.98. The predicted octanol–water partition coefficient (Wildman–Crippen LogP) is 0.538. The number of carbonyl (C=O) groups is 1. The summed E-state index contributed by atoms with van der Waals surface area (Å²) in [6.07, 6.45) is 1.66. The highest BCUT2D eigenvalue weighted by Gasteiger charge is 2.18. The Morgan fingerprint density at radius 3 is 2.88 bits per heavy atom. The molecule has 7 heteroatoms. The second-order valence-electron chi connectivity index (χ2n) is 3.45. The summed E-state index contributed by atoms with van der Waals surface area (Å²) in [4.78, 5) is 15.9. The average molecular weight is 233 g/mol. The van der Waals surface area contributed by atoms with Gasteiger partial charge in [0.1, 0.15) is 0 Å². The van der Waals surface area contributed by atoms with Crippen molar-refractivity contribution in [1.82, 2.24) is 20.6 Å². The Labute approximate surface area is 97.0 Å². The molecule has 0 aromatic carbocycles. The lowest BCUT2D eigenvalue weighted by atomic mass is 10.2. The average Bonchev–Trinajstić information content (AvgIpc) is 2.76. The molecule has 2 rings (SSSR count). The Hall–Kier alpha value is -2.44. The van der Waals surface area contributed by atoms with E-state index in [4.69, 9.17) is 5.73 Å². The zero-order valence-electron chi connectivity index (χ0n) is 9.12. The van der Waals surface area contributed by atoms with Gasteiger partial charge in [-0.1, -0.05) is 6.07 Å². The smallest absolute Gasteiger partial charge is 0.277 e. The number of rotatable bonds is 3. The van der Waals surface area contributed by atoms with Gasteiger partial charge in [-0.05, 0) is 29.4 Å². The van der Waals surface area contributed by atoms with Crippen LogP contribution in [0.3, 0.4) is 0 Å². The largest absolute Gasteiger partial charge is 0.379 e. The van der Waals surface area contributed by atoms with Gasteiger partial charge in [0, 0.05) is 6.20 Å². The van der Waals surface area contributed by atoms with Gasteiger partial charge in [-0.3, -0.25) is 9.78 Å². The van der Waals surface area contributed by atoms with Crippen LogP contribution in [-0.2, 0) is 0 Å². The zero-order valence-corrected chi connectivity index (χ0v) is 9.12. The summed E-state index contributed by atoms with van der Waals surface area (Å²) in [7, 11) is 0. The van der Waals surface area contributed by atoms with Gasteiger partial charge in [-0.25, -0.2) is 4.63 Å². The van der Waals surface area contributed by atoms with E-state index in [1.807, 2.05) is 19.1 Å². The minimum absolute atomic E-state index is 0.0206. The molecule has 3 N–H and O–H groups in total. The summed E-state index contributed by atoms with van der Waals surface area (Å²) in [6.45, 7) is 1.81. The second-order valence-corrected chi connectivity index (χ2v) is 3.45. The van der Waals surface area contributed by atoms with Gasteiger partial charge in [0.15, 0.2) is 0 Å². The van der Waals surface area contributed by atoms with Gasteiger partial charge >= 0.3 is 0 Å². The molecule has 1 amide bonds. The molecule has 0 aliphatic heterocycles. The molecule has 17 heavy (non-hydrogen) atoms. The maximum atomic E-state index is 11.7. The number of nitrogen functional groups attached to an aromatic ring is 1. The molecule has 0 radical (unpaired) electrons. The number of anilines is 1. The molecule has 2 aromatic heterocycles. The summed E-state index contributed by atoms with van der Waals surface area (Å²) in [5, 5.41) is 9.45. The summed E-state index contributed by atoms with van der Waals surface area (Å²) in [5.41, 5.74) is 6.14. The molecule has 0 aliphatic carbocycles. The second kappa shape index (κ2) is 4.60. The number of carbonyl (C=O) groups excluding carboxylic acids is 1. The van der Waals surface area contributed by atoms with Gasteiger partial charge in [0.05, 0.1) is 11.7 Å². The third-order valence-electron chi connectivity index (χ3n) is 2.21. The third kappa shape index (κ3) is 2.39. The van der Waals surface area contributed by atoms with Crippen LogP contribution < -0.4 is 11.1 Å². The van der Waals surface area contributed by atoms with Crippen molar-refractivity contribution in [3.05, 3.63) is 35.8 Å². The highest BCUT2D eigenvalue weighted by atomic mass is 16.6. The van der Waals surface area contributed by atoms with Crippen LogP contribution in [-0.4, -0.2) is 21.2 Å². The lowest BCUT2D eigenvalue weighted by Gasteiger charge is -2.11. The minimum atomic E-state index is -0.443. The normalized spacial score (nSPS) is 12.1. The third-order valence-corrected chi connectivity index (χ3v) is 2.21. The first-order chi connectivity index (χ1) is 8.18. The Bertz CT molecular complexity index is 510. The minimum Gasteiger partial charge on any atom is -0.379 e. The molecule has 0 saturated carbocycles. The molecular weight excluding hydrogens is 222 g/mol. The van der Waals surface area contributed by atoms with Crippen LogP contribution >= 0.6 is 0 Å². The summed E-state index contributed by atoms with van der Waals surface area (Å²) in [5.74, 6) is -0.474. The van der Waals surface area contributed by atoms with E-state index in [0.717, 1.165) is 5.69 Å². The molecule has 0 bridgehead atoms. The van der Waals surface area contributed by atoms with Gasteiger partial charge in [-0.15, -0.1) is 0 Å². The molecule has 0 saturated heterocycles. The first-order valence-corrected chi connectivity index (χ1v) is 4.98. The molecule has 2 heterocycles. The number of pyridine rings is 1. The van der Waals surface area contributed by atoms with Gasteiger partial charge in [0.25, 0.3) is 5.91 Å².